The molecule has 0 bridgehead atoms. The molecule has 1 aromatic rings. The first kappa shape index (κ1) is 39.9. The minimum Gasteiger partial charge on any atom is -0.444 e. The number of likely N-dealkylation sites (tertiary alicyclic amines) is 1. The highest BCUT2D eigenvalue weighted by atomic mass is 32.2. The molecule has 6 rings (SSSR count). The normalized spacial score (nSPS) is 25.1. The first-order valence-electron chi connectivity index (χ1n) is 18.6. The Morgan fingerprint density at radius 3 is 2.44 bits per heavy atom. The van der Waals surface area contributed by atoms with Gasteiger partial charge in [-0.05, 0) is 82.9 Å². The number of carbonyl (C=O) groups is 6. The molecule has 5 unspecified atom stereocenters. The largest absolute Gasteiger partial charge is 0.444 e. The quantitative estimate of drug-likeness (QED) is 0.186. The Bertz CT molecular complexity index is 1910. The summed E-state index contributed by atoms with van der Waals surface area (Å²) in [5.74, 6) is -3.54. The van der Waals surface area contributed by atoms with Gasteiger partial charge in [-0.3, -0.25) is 28.8 Å². The second-order valence-electron chi connectivity index (χ2n) is 16.1. The number of halogens is 1. The van der Waals surface area contributed by atoms with Crippen LogP contribution in [0, 0.1) is 17.7 Å². The molecule has 298 valence electrons. The summed E-state index contributed by atoms with van der Waals surface area (Å²) < 4.78 is 53.1. The van der Waals surface area contributed by atoms with E-state index in [9.17, 15) is 41.6 Å². The molecular formula is C38H48FN5O10S. The first-order valence-corrected chi connectivity index (χ1v) is 20.2. The molecule has 55 heavy (non-hydrogen) atoms. The molecule has 3 aliphatic carbocycles. The smallest absolute Gasteiger partial charge is 0.410 e. The van der Waals surface area contributed by atoms with Crippen molar-refractivity contribution in [3.63, 3.8) is 0 Å². The maximum Gasteiger partial charge on any atom is 0.410 e. The van der Waals surface area contributed by atoms with Gasteiger partial charge in [0.25, 0.3) is 5.91 Å². The Hall–Kier alpha value is -4.80. The third-order valence-electron chi connectivity index (χ3n) is 10.4. The predicted octanol–water partition coefficient (Wildman–Crippen LogP) is 3.13. The van der Waals surface area contributed by atoms with Gasteiger partial charge in [0.1, 0.15) is 35.1 Å². The Morgan fingerprint density at radius 2 is 1.82 bits per heavy atom. The number of hydrogen-bond donors (Lipinski definition) is 3. The minimum absolute atomic E-state index is 0.0461. The van der Waals surface area contributed by atoms with Crippen molar-refractivity contribution in [2.75, 3.05) is 6.54 Å². The zero-order chi connectivity index (χ0) is 39.9. The van der Waals surface area contributed by atoms with Gasteiger partial charge in [-0.25, -0.2) is 22.4 Å². The van der Waals surface area contributed by atoms with E-state index in [1.807, 2.05) is 6.08 Å². The number of hydrogen-bond acceptors (Lipinski definition) is 10. The lowest BCUT2D eigenvalue weighted by Gasteiger charge is -2.30. The highest BCUT2D eigenvalue weighted by Crippen LogP contribution is 2.45. The topological polar surface area (TPSA) is 198 Å². The summed E-state index contributed by atoms with van der Waals surface area (Å²) in [6, 6.07) is 1.82. The molecule has 0 radical (unpaired) electrons. The van der Waals surface area contributed by atoms with Crippen molar-refractivity contribution in [2.24, 2.45) is 11.8 Å². The summed E-state index contributed by atoms with van der Waals surface area (Å²) in [6.45, 7) is 8.36. The van der Waals surface area contributed by atoms with E-state index in [1.165, 1.54) is 29.2 Å². The third kappa shape index (κ3) is 9.54. The lowest BCUT2D eigenvalue weighted by molar-refractivity contribution is -0.141. The molecule has 5 aliphatic rings. The van der Waals surface area contributed by atoms with Gasteiger partial charge in [-0.2, -0.15) is 0 Å². The van der Waals surface area contributed by atoms with Crippen LogP contribution in [-0.4, -0.2) is 95.0 Å². The van der Waals surface area contributed by atoms with Crippen LogP contribution in [0.3, 0.4) is 0 Å². The van der Waals surface area contributed by atoms with Gasteiger partial charge < -0.3 is 25.0 Å². The lowest BCUT2D eigenvalue weighted by atomic mass is 10.1. The van der Waals surface area contributed by atoms with Gasteiger partial charge in [0.05, 0.1) is 18.3 Å². The predicted molar refractivity (Wildman–Crippen MR) is 195 cm³/mol. The highest BCUT2D eigenvalue weighted by Gasteiger charge is 2.62. The Balaban J connectivity index is 1.23. The molecule has 3 saturated carbocycles. The van der Waals surface area contributed by atoms with Gasteiger partial charge in [-0.15, -0.1) is 6.58 Å². The molecule has 5 amide bonds. The number of carbonyl (C=O) groups excluding carboxylic acids is 6. The summed E-state index contributed by atoms with van der Waals surface area (Å²) in [5.41, 5.74) is -1.62. The summed E-state index contributed by atoms with van der Waals surface area (Å²) >= 11 is 0. The van der Waals surface area contributed by atoms with E-state index in [0.717, 1.165) is 17.7 Å². The van der Waals surface area contributed by atoms with Crippen molar-refractivity contribution in [1.82, 2.24) is 25.2 Å². The number of alkyl carbamates (subject to hydrolysis) is 1. The minimum atomic E-state index is -3.97. The number of ketones is 1. The number of amides is 5. The van der Waals surface area contributed by atoms with E-state index in [4.69, 9.17) is 9.47 Å². The number of nitrogens with zero attached hydrogens (tertiary/aromatic N) is 2. The molecule has 4 fully saturated rings. The fraction of sp³-hybridized carbons (Fsp3) is 0.579. The zero-order valence-electron chi connectivity index (χ0n) is 31.2. The van der Waals surface area contributed by atoms with Crippen LogP contribution >= 0.6 is 0 Å². The van der Waals surface area contributed by atoms with Crippen LogP contribution in [0.25, 0.3) is 0 Å². The van der Waals surface area contributed by atoms with Crippen molar-refractivity contribution < 1.29 is 51.0 Å². The zero-order valence-corrected chi connectivity index (χ0v) is 32.0. The van der Waals surface area contributed by atoms with Crippen molar-refractivity contribution in [3.05, 3.63) is 60.0 Å². The molecule has 3 N–H and O–H groups in total. The van der Waals surface area contributed by atoms with Crippen LogP contribution in [0.2, 0.25) is 0 Å². The van der Waals surface area contributed by atoms with Crippen LogP contribution in [-0.2, 0) is 51.8 Å². The fourth-order valence-corrected chi connectivity index (χ4v) is 8.29. The molecule has 5 atom stereocenters. The molecule has 2 heterocycles. The molecule has 0 aromatic heterocycles. The number of allylic oxidation sites excluding steroid dienone is 2. The van der Waals surface area contributed by atoms with E-state index in [1.54, 1.807) is 26.8 Å². The second-order valence-corrected chi connectivity index (χ2v) is 18.0. The van der Waals surface area contributed by atoms with E-state index < -0.39 is 86.2 Å². The SMILES string of the molecule is C=CC1CC1(NC(=O)C1CC(OC(=O)N2Cc3cccc(F)c3C2)CN1C(=O)C(CCC(=O)C=CC1CC1)NC(=O)OC(C)(C)C)C(=O)NS(=O)(=O)C1CC1. The van der Waals surface area contributed by atoms with Gasteiger partial charge >= 0.3 is 12.2 Å². The standard InChI is InChI=1S/C38H48FN5O10S/c1-5-24-18-38(24,34(48)42-55(51,52)27-14-15-27)41-32(46)31-17-26(53-36(50)43-19-23-7-6-8-29(39)28(23)21-43)20-44(31)33(47)30(40-35(49)54-37(2,3)4)16-13-25(45)12-11-22-9-10-22/h5-8,11-12,22,24,26-27,30-31H,1,9-10,13-21H2,2-4H3,(H,40,49)(H,41,46)(H,42,48). The number of nitrogens with one attached hydrogen (secondary N) is 3. The van der Waals surface area contributed by atoms with Crippen molar-refractivity contribution >= 4 is 45.7 Å². The average Bonchev–Trinajstić information content (AvgIpc) is 4.04. The molecule has 1 aromatic carbocycles. The van der Waals surface area contributed by atoms with Crippen LogP contribution < -0.4 is 15.4 Å². The van der Waals surface area contributed by atoms with Crippen LogP contribution in [0.15, 0.2) is 43.0 Å². The van der Waals surface area contributed by atoms with Crippen molar-refractivity contribution in [1.29, 1.82) is 0 Å². The van der Waals surface area contributed by atoms with Gasteiger partial charge in [0.2, 0.25) is 21.8 Å². The third-order valence-corrected chi connectivity index (χ3v) is 12.2. The maximum absolute atomic E-state index is 14.4. The maximum atomic E-state index is 14.4. The van der Waals surface area contributed by atoms with E-state index >= 15 is 0 Å². The number of sulfonamides is 1. The van der Waals surface area contributed by atoms with Crippen molar-refractivity contribution in [2.45, 2.75) is 120 Å². The van der Waals surface area contributed by atoms with Gasteiger partial charge in [0.15, 0.2) is 5.78 Å². The van der Waals surface area contributed by atoms with Crippen LogP contribution in [0.1, 0.15) is 83.3 Å². The molecule has 0 spiro atoms. The fourth-order valence-electron chi connectivity index (χ4n) is 6.93. The summed E-state index contributed by atoms with van der Waals surface area (Å²) in [5, 5.41) is 4.51. The average molecular weight is 786 g/mol. The Morgan fingerprint density at radius 1 is 1.09 bits per heavy atom. The van der Waals surface area contributed by atoms with Gasteiger partial charge in [-0.1, -0.05) is 24.3 Å². The van der Waals surface area contributed by atoms with E-state index in [2.05, 4.69) is 21.9 Å². The molecule has 15 nitrogen and oxygen atoms in total. The second kappa shape index (κ2) is 15.4. The summed E-state index contributed by atoms with van der Waals surface area (Å²) in [7, 11) is -3.97. The number of ether oxygens (including phenoxy) is 2. The molecular weight excluding hydrogens is 738 g/mol. The van der Waals surface area contributed by atoms with Gasteiger partial charge in [0, 0.05) is 30.9 Å². The van der Waals surface area contributed by atoms with E-state index in [0.29, 0.717) is 29.9 Å². The van der Waals surface area contributed by atoms with E-state index in [-0.39, 0.29) is 51.1 Å². The number of rotatable bonds is 14. The molecule has 17 heteroatoms. The Kier molecular flexibility index (Phi) is 11.2. The molecule has 2 aliphatic heterocycles. The monoisotopic (exact) mass is 785 g/mol. The first-order chi connectivity index (χ1) is 25.9. The molecule has 1 saturated heterocycles. The summed E-state index contributed by atoms with van der Waals surface area (Å²) in [6.07, 6.45) is 4.25. The van der Waals surface area contributed by atoms with Crippen molar-refractivity contribution in [3.8, 4) is 0 Å². The van der Waals surface area contributed by atoms with Crippen LogP contribution in [0.5, 0.6) is 0 Å². The number of fused-ring (bicyclic) bond motifs is 1. The Labute approximate surface area is 319 Å². The highest BCUT2D eigenvalue weighted by molar-refractivity contribution is 7.91. The summed E-state index contributed by atoms with van der Waals surface area (Å²) in [4.78, 5) is 83.5. The lowest BCUT2D eigenvalue weighted by Crippen LogP contribution is -2.58. The van der Waals surface area contributed by atoms with Crippen LogP contribution in [0.4, 0.5) is 14.0 Å². The number of benzene rings is 1.